The molecule has 2 N–H and O–H groups in total. The van der Waals surface area contributed by atoms with Crippen LogP contribution in [-0.2, 0) is 9.53 Å². The number of rotatable bonds is 5. The number of likely N-dealkylation sites (tertiary alicyclic amines) is 2. The van der Waals surface area contributed by atoms with Crippen LogP contribution >= 0.6 is 0 Å². The number of nitrogens with two attached hydrogens (primary N) is 1. The van der Waals surface area contributed by atoms with E-state index in [2.05, 4.69) is 16.7 Å². The molecule has 0 radical (unpaired) electrons. The largest absolute Gasteiger partial charge is 0.468 e. The number of hydrogen-bond acceptors (Lipinski definition) is 5. The zero-order valence-corrected chi connectivity index (χ0v) is 13.1. The van der Waals surface area contributed by atoms with Crippen molar-refractivity contribution in [1.82, 2.24) is 9.80 Å². The van der Waals surface area contributed by atoms with Crippen molar-refractivity contribution >= 4 is 5.97 Å². The Morgan fingerprint density at radius 1 is 1.40 bits per heavy atom. The van der Waals surface area contributed by atoms with Gasteiger partial charge in [-0.2, -0.15) is 0 Å². The third-order valence-electron chi connectivity index (χ3n) is 4.85. The fourth-order valence-electron chi connectivity index (χ4n) is 3.63. The molecule has 0 amide bonds. The van der Waals surface area contributed by atoms with Crippen LogP contribution in [0.5, 0.6) is 0 Å². The van der Waals surface area contributed by atoms with E-state index < -0.39 is 5.54 Å². The van der Waals surface area contributed by atoms with Crippen LogP contribution in [0.15, 0.2) is 0 Å². The van der Waals surface area contributed by atoms with Gasteiger partial charge < -0.3 is 10.5 Å². The van der Waals surface area contributed by atoms with Gasteiger partial charge in [-0.3, -0.25) is 14.6 Å². The van der Waals surface area contributed by atoms with Crippen molar-refractivity contribution in [3.8, 4) is 0 Å². The van der Waals surface area contributed by atoms with Crippen molar-refractivity contribution < 1.29 is 9.53 Å². The second kappa shape index (κ2) is 6.41. The minimum atomic E-state index is -0.889. The van der Waals surface area contributed by atoms with Crippen LogP contribution in [0.4, 0.5) is 0 Å². The molecule has 2 aliphatic rings. The number of ether oxygens (including phenoxy) is 1. The van der Waals surface area contributed by atoms with Crippen molar-refractivity contribution in [3.05, 3.63) is 0 Å². The number of esters is 1. The first-order valence-electron chi connectivity index (χ1n) is 7.79. The van der Waals surface area contributed by atoms with Crippen molar-refractivity contribution in [2.45, 2.75) is 57.2 Å². The van der Waals surface area contributed by atoms with Crippen molar-refractivity contribution in [2.75, 3.05) is 33.3 Å². The van der Waals surface area contributed by atoms with Gasteiger partial charge in [0.15, 0.2) is 0 Å². The molecular weight excluding hydrogens is 254 g/mol. The number of methoxy groups -OCH3 is 1. The first kappa shape index (κ1) is 15.7. The molecule has 2 saturated heterocycles. The highest BCUT2D eigenvalue weighted by Gasteiger charge is 2.36. The highest BCUT2D eigenvalue weighted by molar-refractivity contribution is 5.79. The molecule has 3 atom stereocenters. The van der Waals surface area contributed by atoms with E-state index in [4.69, 9.17) is 10.5 Å². The molecule has 0 bridgehead atoms. The maximum absolute atomic E-state index is 11.7. The smallest absolute Gasteiger partial charge is 0.325 e. The quantitative estimate of drug-likeness (QED) is 0.757. The summed E-state index contributed by atoms with van der Waals surface area (Å²) in [7, 11) is 1.40. The average molecular weight is 283 g/mol. The Kier molecular flexibility index (Phi) is 5.04. The summed E-state index contributed by atoms with van der Waals surface area (Å²) in [6.07, 6.45) is 4.57. The molecule has 0 aromatic carbocycles. The Morgan fingerprint density at radius 2 is 2.05 bits per heavy atom. The van der Waals surface area contributed by atoms with Crippen LogP contribution < -0.4 is 5.73 Å². The van der Waals surface area contributed by atoms with Gasteiger partial charge in [-0.15, -0.1) is 0 Å². The molecule has 3 unspecified atom stereocenters. The summed E-state index contributed by atoms with van der Waals surface area (Å²) in [5.41, 5.74) is 5.20. The fraction of sp³-hybridized carbons (Fsp3) is 0.933. The van der Waals surface area contributed by atoms with E-state index in [1.165, 1.54) is 39.5 Å². The molecule has 5 heteroatoms. The molecule has 2 fully saturated rings. The van der Waals surface area contributed by atoms with E-state index in [1.54, 1.807) is 6.92 Å². The monoisotopic (exact) mass is 283 g/mol. The van der Waals surface area contributed by atoms with Gasteiger partial charge in [0.2, 0.25) is 0 Å². The van der Waals surface area contributed by atoms with Gasteiger partial charge in [0.1, 0.15) is 5.54 Å². The molecule has 5 nitrogen and oxygen atoms in total. The molecule has 0 saturated carbocycles. The molecule has 2 aliphatic heterocycles. The lowest BCUT2D eigenvalue weighted by Gasteiger charge is -2.31. The summed E-state index contributed by atoms with van der Waals surface area (Å²) in [6, 6.07) is 1.01. The van der Waals surface area contributed by atoms with Gasteiger partial charge in [-0.25, -0.2) is 0 Å². The van der Waals surface area contributed by atoms with Crippen LogP contribution in [0.3, 0.4) is 0 Å². The lowest BCUT2D eigenvalue weighted by Crippen LogP contribution is -2.50. The average Bonchev–Trinajstić information content (AvgIpc) is 3.07. The number of carbonyl (C=O) groups is 1. The predicted octanol–water partition coefficient (Wildman–Crippen LogP) is 0.826. The van der Waals surface area contributed by atoms with E-state index in [9.17, 15) is 4.79 Å². The zero-order chi connectivity index (χ0) is 14.8. The minimum absolute atomic E-state index is 0.316. The molecule has 0 aromatic heterocycles. The maximum atomic E-state index is 11.7. The first-order chi connectivity index (χ1) is 9.44. The van der Waals surface area contributed by atoms with Gasteiger partial charge in [-0.1, -0.05) is 0 Å². The number of carbonyl (C=O) groups excluding carboxylic acids is 1. The maximum Gasteiger partial charge on any atom is 0.325 e. The second-order valence-corrected chi connectivity index (χ2v) is 6.64. The third kappa shape index (κ3) is 3.51. The van der Waals surface area contributed by atoms with E-state index >= 15 is 0 Å². The predicted molar refractivity (Wildman–Crippen MR) is 79.5 cm³/mol. The summed E-state index contributed by atoms with van der Waals surface area (Å²) >= 11 is 0. The SMILES string of the molecule is COC(=O)C(C)(N)CC(C)N1CCC(N2CCCC2)C1. The topological polar surface area (TPSA) is 58.8 Å². The molecule has 2 rings (SSSR count). The lowest BCUT2D eigenvalue weighted by atomic mass is 9.94. The summed E-state index contributed by atoms with van der Waals surface area (Å²) in [5.74, 6) is -0.320. The molecular formula is C15H29N3O2. The number of nitrogens with zero attached hydrogens (tertiary/aromatic N) is 2. The van der Waals surface area contributed by atoms with Crippen molar-refractivity contribution in [2.24, 2.45) is 5.73 Å². The summed E-state index contributed by atoms with van der Waals surface area (Å²) in [6.45, 7) is 8.66. The number of hydrogen-bond donors (Lipinski definition) is 1. The molecule has 2 heterocycles. The molecule has 0 aromatic rings. The Bertz CT molecular complexity index is 340. The normalized spacial score (nSPS) is 29.3. The summed E-state index contributed by atoms with van der Waals surface area (Å²) in [5, 5.41) is 0. The zero-order valence-electron chi connectivity index (χ0n) is 13.1. The highest BCUT2D eigenvalue weighted by Crippen LogP contribution is 2.24. The highest BCUT2D eigenvalue weighted by atomic mass is 16.5. The van der Waals surface area contributed by atoms with Crippen molar-refractivity contribution in [1.29, 1.82) is 0 Å². The van der Waals surface area contributed by atoms with Gasteiger partial charge in [0, 0.05) is 25.2 Å². The third-order valence-corrected chi connectivity index (χ3v) is 4.85. The van der Waals surface area contributed by atoms with Crippen LogP contribution in [0, 0.1) is 0 Å². The Balaban J connectivity index is 1.84. The minimum Gasteiger partial charge on any atom is -0.468 e. The van der Waals surface area contributed by atoms with Gasteiger partial charge >= 0.3 is 5.97 Å². The molecule has 116 valence electrons. The standard InChI is InChI=1S/C15H29N3O2/c1-12(10-15(2,16)14(19)20-3)18-9-6-13(11-18)17-7-4-5-8-17/h12-13H,4-11,16H2,1-3H3. The molecule has 20 heavy (non-hydrogen) atoms. The van der Waals surface area contributed by atoms with E-state index in [0.717, 1.165) is 13.1 Å². The first-order valence-corrected chi connectivity index (χ1v) is 7.79. The van der Waals surface area contributed by atoms with Crippen LogP contribution in [0.25, 0.3) is 0 Å². The van der Waals surface area contributed by atoms with E-state index in [1.807, 2.05) is 0 Å². The Hall–Kier alpha value is -0.650. The fourth-order valence-corrected chi connectivity index (χ4v) is 3.63. The van der Waals surface area contributed by atoms with Crippen molar-refractivity contribution in [3.63, 3.8) is 0 Å². The van der Waals surface area contributed by atoms with E-state index in [0.29, 0.717) is 18.5 Å². The summed E-state index contributed by atoms with van der Waals surface area (Å²) < 4.78 is 4.79. The van der Waals surface area contributed by atoms with E-state index in [-0.39, 0.29) is 5.97 Å². The molecule has 0 spiro atoms. The van der Waals surface area contributed by atoms with Crippen LogP contribution in [0.1, 0.15) is 39.5 Å². The Morgan fingerprint density at radius 3 is 2.65 bits per heavy atom. The van der Waals surface area contributed by atoms with Crippen LogP contribution in [0.2, 0.25) is 0 Å². The molecule has 0 aliphatic carbocycles. The Labute approximate surface area is 122 Å². The van der Waals surface area contributed by atoms with Crippen LogP contribution in [-0.4, -0.2) is 66.7 Å². The van der Waals surface area contributed by atoms with Gasteiger partial charge in [-0.05, 0) is 52.6 Å². The lowest BCUT2D eigenvalue weighted by molar-refractivity contribution is -0.147. The van der Waals surface area contributed by atoms with Gasteiger partial charge in [0.25, 0.3) is 0 Å². The summed E-state index contributed by atoms with van der Waals surface area (Å²) in [4.78, 5) is 16.8. The van der Waals surface area contributed by atoms with Gasteiger partial charge in [0.05, 0.1) is 7.11 Å². The second-order valence-electron chi connectivity index (χ2n) is 6.64.